The third kappa shape index (κ3) is 14.4. The number of methoxy groups -OCH3 is 1. The number of nitrogens with zero attached hydrogens (tertiary/aromatic N) is 1. The molecule has 0 saturated carbocycles. The third-order valence-electron chi connectivity index (χ3n) is 5.51. The summed E-state index contributed by atoms with van der Waals surface area (Å²) in [5, 5.41) is 12.0. The number of ether oxygens (including phenoxy) is 3. The molecular formula is C27H53NO9Si4. The molecule has 1 rings (SSSR count). The van der Waals surface area contributed by atoms with Crippen LogP contribution in [0.5, 0.6) is 11.5 Å². The van der Waals surface area contributed by atoms with Crippen molar-refractivity contribution in [2.45, 2.75) is 117 Å². The van der Waals surface area contributed by atoms with E-state index < -0.39 is 44.8 Å². The number of nitro benzene ring substituents is 1. The summed E-state index contributed by atoms with van der Waals surface area (Å²) < 4.78 is 37.2. The Bertz CT molecular complexity index is 963. The van der Waals surface area contributed by atoms with E-state index in [1.54, 1.807) is 6.92 Å². The maximum atomic E-state index is 12.3. The number of unbranched alkanes of at least 4 members (excludes halogenated alkanes) is 2. The van der Waals surface area contributed by atoms with Crippen molar-refractivity contribution in [3.05, 3.63) is 27.8 Å². The molecular weight excluding hydrogens is 595 g/mol. The van der Waals surface area contributed by atoms with Gasteiger partial charge in [-0.15, -0.1) is 0 Å². The van der Waals surface area contributed by atoms with Gasteiger partial charge in [0.25, 0.3) is 5.69 Å². The molecule has 0 bridgehead atoms. The number of carbonyl (C=O) groups excluding carboxylic acids is 1. The second-order valence-electron chi connectivity index (χ2n) is 13.2. The van der Waals surface area contributed by atoms with Gasteiger partial charge in [0.05, 0.1) is 30.3 Å². The van der Waals surface area contributed by atoms with E-state index in [0.29, 0.717) is 18.2 Å². The third-order valence-corrected chi connectivity index (χ3v) is 17.6. The van der Waals surface area contributed by atoms with E-state index in [-0.39, 0.29) is 36.0 Å². The molecule has 14 heteroatoms. The summed E-state index contributed by atoms with van der Waals surface area (Å²) >= 11 is 0. The van der Waals surface area contributed by atoms with Crippen LogP contribution < -0.4 is 9.47 Å². The minimum Gasteiger partial charge on any atom is -0.493 e. The average Bonchev–Trinajstić information content (AvgIpc) is 2.77. The van der Waals surface area contributed by atoms with Crippen LogP contribution in [0, 0.1) is 10.1 Å². The Kier molecular flexibility index (Phi) is 14.4. The lowest BCUT2D eigenvalue weighted by atomic mass is 10.1. The summed E-state index contributed by atoms with van der Waals surface area (Å²) in [5.41, 5.74) is 0.0645. The Balaban J connectivity index is 3.17. The Morgan fingerprint density at radius 1 is 0.878 bits per heavy atom. The highest BCUT2D eigenvalue weighted by molar-refractivity contribution is 6.90. The minimum atomic E-state index is -3.03. The fourth-order valence-electron chi connectivity index (χ4n) is 4.25. The van der Waals surface area contributed by atoms with Crippen LogP contribution in [0.3, 0.4) is 0 Å². The quantitative estimate of drug-likeness (QED) is 0.0483. The first-order chi connectivity index (χ1) is 18.7. The van der Waals surface area contributed by atoms with Crippen LogP contribution in [-0.2, 0) is 21.9 Å². The van der Waals surface area contributed by atoms with Gasteiger partial charge in [-0.25, -0.2) is 0 Å². The number of benzene rings is 1. The molecule has 0 aliphatic carbocycles. The van der Waals surface area contributed by atoms with Gasteiger partial charge in [0.1, 0.15) is 6.10 Å². The molecule has 0 fully saturated rings. The van der Waals surface area contributed by atoms with Crippen LogP contribution in [0.1, 0.15) is 57.6 Å². The Morgan fingerprint density at radius 2 is 1.41 bits per heavy atom. The molecule has 0 aliphatic rings. The fraction of sp³-hybridized carbons (Fsp3) is 0.741. The van der Waals surface area contributed by atoms with Crippen molar-refractivity contribution in [3.63, 3.8) is 0 Å². The maximum Gasteiger partial charge on any atom is 0.469 e. The smallest absolute Gasteiger partial charge is 0.469 e. The van der Waals surface area contributed by atoms with Crippen molar-refractivity contribution < 1.29 is 36.3 Å². The van der Waals surface area contributed by atoms with E-state index in [9.17, 15) is 14.9 Å². The Hall–Kier alpha value is -1.56. The number of nitro groups is 1. The normalized spacial score (nSPS) is 13.6. The summed E-state index contributed by atoms with van der Waals surface area (Å²) in [6.07, 6.45) is 2.68. The molecule has 1 aromatic rings. The van der Waals surface area contributed by atoms with E-state index >= 15 is 0 Å². The molecule has 1 atom stereocenters. The molecule has 0 radical (unpaired) electrons. The van der Waals surface area contributed by atoms with E-state index in [0.717, 1.165) is 19.3 Å². The molecule has 0 aliphatic heterocycles. The van der Waals surface area contributed by atoms with Gasteiger partial charge in [-0.3, -0.25) is 14.9 Å². The molecule has 0 heterocycles. The SMILES string of the molecule is CCCCCC(=O)OC(C)c1cc(OC)c(OCCC[Si](O[Si](C)(C)C)(O[Si](C)(C)C)O[Si](C)(C)C)cc1[N+](=O)[O-]. The van der Waals surface area contributed by atoms with Crippen LogP contribution in [0.4, 0.5) is 5.69 Å². The molecule has 0 amide bonds. The first-order valence-electron chi connectivity index (χ1n) is 14.5. The van der Waals surface area contributed by atoms with E-state index in [4.69, 9.17) is 26.6 Å². The van der Waals surface area contributed by atoms with Crippen molar-refractivity contribution in [2.75, 3.05) is 13.7 Å². The summed E-state index contributed by atoms with van der Waals surface area (Å²) in [6.45, 7) is 23.2. The molecule has 236 valence electrons. The van der Waals surface area contributed by atoms with Gasteiger partial charge < -0.3 is 26.6 Å². The lowest BCUT2D eigenvalue weighted by Gasteiger charge is -2.42. The van der Waals surface area contributed by atoms with Gasteiger partial charge in [-0.2, -0.15) is 0 Å². The van der Waals surface area contributed by atoms with Gasteiger partial charge in [-0.1, -0.05) is 19.8 Å². The zero-order valence-corrected chi connectivity index (χ0v) is 31.3. The molecule has 0 N–H and O–H groups in total. The zero-order valence-electron chi connectivity index (χ0n) is 27.3. The maximum absolute atomic E-state index is 12.3. The molecule has 0 spiro atoms. The number of hydrogen-bond acceptors (Lipinski definition) is 9. The van der Waals surface area contributed by atoms with Gasteiger partial charge in [0, 0.05) is 12.5 Å². The van der Waals surface area contributed by atoms with Crippen LogP contribution in [-0.4, -0.2) is 58.4 Å². The van der Waals surface area contributed by atoms with Gasteiger partial charge >= 0.3 is 14.8 Å². The molecule has 1 unspecified atom stereocenters. The fourth-order valence-corrected chi connectivity index (χ4v) is 18.9. The Morgan fingerprint density at radius 3 is 1.85 bits per heavy atom. The lowest BCUT2D eigenvalue weighted by Crippen LogP contribution is -2.60. The first kappa shape index (κ1) is 37.5. The van der Waals surface area contributed by atoms with Crippen molar-refractivity contribution in [3.8, 4) is 11.5 Å². The predicted molar refractivity (Wildman–Crippen MR) is 172 cm³/mol. The lowest BCUT2D eigenvalue weighted by molar-refractivity contribution is -0.386. The first-order valence-corrected chi connectivity index (χ1v) is 26.7. The minimum absolute atomic E-state index is 0.190. The topological polar surface area (TPSA) is 116 Å². The van der Waals surface area contributed by atoms with E-state index in [2.05, 4.69) is 65.8 Å². The summed E-state index contributed by atoms with van der Waals surface area (Å²) in [4.78, 5) is 23.7. The monoisotopic (exact) mass is 647 g/mol. The number of carbonyl (C=O) groups is 1. The molecule has 0 saturated heterocycles. The predicted octanol–water partition coefficient (Wildman–Crippen LogP) is 8.05. The summed E-state index contributed by atoms with van der Waals surface area (Å²) in [6, 6.07) is 3.45. The molecule has 10 nitrogen and oxygen atoms in total. The highest BCUT2D eigenvalue weighted by Crippen LogP contribution is 2.39. The molecule has 0 aromatic heterocycles. The highest BCUT2D eigenvalue weighted by Gasteiger charge is 2.49. The van der Waals surface area contributed by atoms with Crippen molar-refractivity contribution >= 4 is 45.4 Å². The van der Waals surface area contributed by atoms with Crippen molar-refractivity contribution in [2.24, 2.45) is 0 Å². The van der Waals surface area contributed by atoms with Crippen LogP contribution in [0.2, 0.25) is 65.0 Å². The van der Waals surface area contributed by atoms with E-state index in [1.807, 2.05) is 0 Å². The number of rotatable bonds is 19. The Labute approximate surface area is 251 Å². The average molecular weight is 648 g/mol. The second-order valence-corrected chi connectivity index (χ2v) is 30.2. The van der Waals surface area contributed by atoms with Crippen LogP contribution in [0.25, 0.3) is 0 Å². The summed E-state index contributed by atoms with van der Waals surface area (Å²) in [5.74, 6) is 0.201. The van der Waals surface area contributed by atoms with Gasteiger partial charge in [0.2, 0.25) is 0 Å². The van der Waals surface area contributed by atoms with E-state index in [1.165, 1.54) is 19.2 Å². The van der Waals surface area contributed by atoms with Gasteiger partial charge in [-0.05, 0) is 84.8 Å². The molecule has 1 aromatic carbocycles. The van der Waals surface area contributed by atoms with Crippen molar-refractivity contribution in [1.82, 2.24) is 0 Å². The van der Waals surface area contributed by atoms with Crippen molar-refractivity contribution in [1.29, 1.82) is 0 Å². The van der Waals surface area contributed by atoms with Crippen LogP contribution >= 0.6 is 0 Å². The van der Waals surface area contributed by atoms with Crippen LogP contribution in [0.15, 0.2) is 12.1 Å². The number of esters is 1. The number of hydrogen-bond donors (Lipinski definition) is 0. The second kappa shape index (κ2) is 15.8. The summed E-state index contributed by atoms with van der Waals surface area (Å²) in [7, 11) is -7.57. The zero-order chi connectivity index (χ0) is 31.6. The molecule has 41 heavy (non-hydrogen) atoms. The largest absolute Gasteiger partial charge is 0.493 e. The van der Waals surface area contributed by atoms with Gasteiger partial charge in [0.15, 0.2) is 36.5 Å². The highest BCUT2D eigenvalue weighted by atomic mass is 28.5. The standard InChI is InChI=1S/C27H53NO9Si4/c1-13-14-15-17-27(29)34-22(2)23-20-25(32-3)26(21-24(23)28(30)31)33-18-16-19-41(35-38(4,5)6,36-39(7,8)9)37-40(10,11)12/h20-22H,13-19H2,1-12H3.